The van der Waals surface area contributed by atoms with Gasteiger partial charge in [0.25, 0.3) is 0 Å². The van der Waals surface area contributed by atoms with Gasteiger partial charge in [0.2, 0.25) is 0 Å². The minimum Gasteiger partial charge on any atom is -0.497 e. The minimum atomic E-state index is -0.394. The molecule has 1 aromatic heterocycles. The van der Waals surface area contributed by atoms with Gasteiger partial charge in [-0.1, -0.05) is 12.1 Å². The molecule has 0 bridgehead atoms. The van der Waals surface area contributed by atoms with Crippen molar-refractivity contribution in [1.82, 2.24) is 15.5 Å². The van der Waals surface area contributed by atoms with Crippen molar-refractivity contribution >= 4 is 0 Å². The standard InChI is InChI=1S/C15H17N3O/c1-3-15(12-9-17-18-10-12)14-8-13(19-2)5-4-11(14)6-7-16-15/h3-5,8-10,16H,1,6-7H2,2H3,(H,17,18). The first-order chi connectivity index (χ1) is 9.30. The van der Waals surface area contributed by atoms with E-state index < -0.39 is 5.54 Å². The first-order valence-corrected chi connectivity index (χ1v) is 6.35. The zero-order valence-electron chi connectivity index (χ0n) is 10.9. The molecule has 3 rings (SSSR count). The molecule has 2 heterocycles. The largest absolute Gasteiger partial charge is 0.497 e. The lowest BCUT2D eigenvalue weighted by Crippen LogP contribution is -2.46. The maximum atomic E-state index is 5.35. The maximum Gasteiger partial charge on any atom is 0.119 e. The molecule has 0 saturated carbocycles. The van der Waals surface area contributed by atoms with Gasteiger partial charge >= 0.3 is 0 Å². The third-order valence-electron chi connectivity index (χ3n) is 3.80. The van der Waals surface area contributed by atoms with Gasteiger partial charge in [-0.25, -0.2) is 0 Å². The SMILES string of the molecule is C=CC1(c2cn[nH]c2)NCCc2ccc(OC)cc21. The van der Waals surface area contributed by atoms with E-state index >= 15 is 0 Å². The summed E-state index contributed by atoms with van der Waals surface area (Å²) in [5, 5.41) is 10.5. The average Bonchev–Trinajstić information content (AvgIpc) is 3.00. The lowest BCUT2D eigenvalue weighted by Gasteiger charge is -2.37. The summed E-state index contributed by atoms with van der Waals surface area (Å²) in [6.45, 7) is 4.94. The van der Waals surface area contributed by atoms with Crippen molar-refractivity contribution in [2.75, 3.05) is 13.7 Å². The van der Waals surface area contributed by atoms with Crippen LogP contribution < -0.4 is 10.1 Å². The van der Waals surface area contributed by atoms with Gasteiger partial charge in [-0.05, 0) is 29.7 Å². The van der Waals surface area contributed by atoms with Gasteiger partial charge in [-0.2, -0.15) is 5.10 Å². The van der Waals surface area contributed by atoms with Crippen molar-refractivity contribution in [2.45, 2.75) is 12.0 Å². The Labute approximate surface area is 112 Å². The number of hydrogen-bond acceptors (Lipinski definition) is 3. The van der Waals surface area contributed by atoms with Crippen LogP contribution in [0.3, 0.4) is 0 Å². The molecule has 2 aromatic rings. The van der Waals surface area contributed by atoms with E-state index in [0.717, 1.165) is 24.3 Å². The summed E-state index contributed by atoms with van der Waals surface area (Å²) in [7, 11) is 1.69. The molecule has 4 nitrogen and oxygen atoms in total. The highest BCUT2D eigenvalue weighted by Gasteiger charge is 2.36. The van der Waals surface area contributed by atoms with Crippen LogP contribution in [0.5, 0.6) is 5.75 Å². The highest BCUT2D eigenvalue weighted by Crippen LogP contribution is 2.37. The number of aromatic amines is 1. The summed E-state index contributed by atoms with van der Waals surface area (Å²) < 4.78 is 5.35. The second-order valence-electron chi connectivity index (χ2n) is 4.70. The molecule has 1 aliphatic heterocycles. The molecule has 98 valence electrons. The summed E-state index contributed by atoms with van der Waals surface area (Å²) in [6, 6.07) is 6.22. The number of aromatic nitrogens is 2. The van der Waals surface area contributed by atoms with E-state index in [-0.39, 0.29) is 0 Å². The third-order valence-corrected chi connectivity index (χ3v) is 3.80. The summed E-state index contributed by atoms with van der Waals surface area (Å²) >= 11 is 0. The Bertz CT molecular complexity index is 591. The van der Waals surface area contributed by atoms with Crippen molar-refractivity contribution in [3.8, 4) is 5.75 Å². The van der Waals surface area contributed by atoms with Crippen LogP contribution in [0, 0.1) is 0 Å². The Morgan fingerprint density at radius 1 is 1.47 bits per heavy atom. The molecular weight excluding hydrogens is 238 g/mol. The van der Waals surface area contributed by atoms with Crippen molar-refractivity contribution < 1.29 is 4.74 Å². The molecule has 1 aromatic carbocycles. The predicted octanol–water partition coefficient (Wildman–Crippen LogP) is 1.99. The molecule has 1 atom stereocenters. The Morgan fingerprint density at radius 2 is 2.37 bits per heavy atom. The molecule has 1 aliphatic rings. The van der Waals surface area contributed by atoms with Gasteiger partial charge in [0.1, 0.15) is 5.75 Å². The van der Waals surface area contributed by atoms with Gasteiger partial charge in [0.05, 0.1) is 18.8 Å². The number of benzene rings is 1. The number of hydrogen-bond donors (Lipinski definition) is 2. The monoisotopic (exact) mass is 255 g/mol. The second-order valence-corrected chi connectivity index (χ2v) is 4.70. The van der Waals surface area contributed by atoms with E-state index in [9.17, 15) is 0 Å². The fourth-order valence-electron chi connectivity index (χ4n) is 2.78. The smallest absolute Gasteiger partial charge is 0.119 e. The lowest BCUT2D eigenvalue weighted by atomic mass is 9.78. The number of H-pyrrole nitrogens is 1. The first-order valence-electron chi connectivity index (χ1n) is 6.35. The zero-order chi connectivity index (χ0) is 13.3. The van der Waals surface area contributed by atoms with Crippen molar-refractivity contribution in [2.24, 2.45) is 0 Å². The molecule has 0 saturated heterocycles. The van der Waals surface area contributed by atoms with Crippen molar-refractivity contribution in [1.29, 1.82) is 0 Å². The Morgan fingerprint density at radius 3 is 3.05 bits per heavy atom. The number of ether oxygens (including phenoxy) is 1. The third kappa shape index (κ3) is 1.76. The quantitative estimate of drug-likeness (QED) is 0.825. The van der Waals surface area contributed by atoms with Gasteiger partial charge < -0.3 is 10.1 Å². The van der Waals surface area contributed by atoms with E-state index in [2.05, 4.69) is 34.2 Å². The summed E-state index contributed by atoms with van der Waals surface area (Å²) in [4.78, 5) is 0. The maximum absolute atomic E-state index is 5.35. The molecule has 0 aliphatic carbocycles. The van der Waals surface area contributed by atoms with Crippen LogP contribution in [-0.2, 0) is 12.0 Å². The molecule has 0 spiro atoms. The predicted molar refractivity (Wildman–Crippen MR) is 74.3 cm³/mol. The number of methoxy groups -OCH3 is 1. The van der Waals surface area contributed by atoms with Crippen LogP contribution in [0.15, 0.2) is 43.2 Å². The van der Waals surface area contributed by atoms with E-state index in [1.165, 1.54) is 11.1 Å². The van der Waals surface area contributed by atoms with Crippen LogP contribution in [0.1, 0.15) is 16.7 Å². The molecule has 4 heteroatoms. The normalized spacial score (nSPS) is 21.7. The molecule has 0 radical (unpaired) electrons. The van der Waals surface area contributed by atoms with Crippen LogP contribution in [-0.4, -0.2) is 23.9 Å². The van der Waals surface area contributed by atoms with Gasteiger partial charge in [-0.15, -0.1) is 6.58 Å². The minimum absolute atomic E-state index is 0.394. The molecule has 0 amide bonds. The lowest BCUT2D eigenvalue weighted by molar-refractivity contribution is 0.408. The number of fused-ring (bicyclic) bond motifs is 1. The van der Waals surface area contributed by atoms with Crippen LogP contribution in [0.4, 0.5) is 0 Å². The van der Waals surface area contributed by atoms with Gasteiger partial charge in [-0.3, -0.25) is 5.10 Å². The first kappa shape index (κ1) is 12.0. The topological polar surface area (TPSA) is 49.9 Å². The van der Waals surface area contributed by atoms with Crippen LogP contribution >= 0.6 is 0 Å². The van der Waals surface area contributed by atoms with E-state index in [0.29, 0.717) is 0 Å². The molecule has 1 unspecified atom stereocenters. The molecule has 0 fully saturated rings. The second kappa shape index (κ2) is 4.55. The van der Waals surface area contributed by atoms with E-state index in [4.69, 9.17) is 4.74 Å². The number of rotatable bonds is 3. The van der Waals surface area contributed by atoms with Crippen molar-refractivity contribution in [3.63, 3.8) is 0 Å². The summed E-state index contributed by atoms with van der Waals surface area (Å²) in [5.74, 6) is 0.858. The van der Waals surface area contributed by atoms with Gasteiger partial charge in [0, 0.05) is 18.3 Å². The fraction of sp³-hybridized carbons (Fsp3) is 0.267. The zero-order valence-corrected chi connectivity index (χ0v) is 10.9. The Hall–Kier alpha value is -2.07. The average molecular weight is 255 g/mol. The van der Waals surface area contributed by atoms with E-state index in [1.54, 1.807) is 7.11 Å². The van der Waals surface area contributed by atoms with Crippen LogP contribution in [0.25, 0.3) is 0 Å². The highest BCUT2D eigenvalue weighted by molar-refractivity contribution is 5.50. The van der Waals surface area contributed by atoms with E-state index in [1.807, 2.05) is 24.5 Å². The summed E-state index contributed by atoms with van der Waals surface area (Å²) in [6.07, 6.45) is 6.69. The number of nitrogens with zero attached hydrogens (tertiary/aromatic N) is 1. The fourth-order valence-corrected chi connectivity index (χ4v) is 2.78. The molecular formula is C15H17N3O. The van der Waals surface area contributed by atoms with Crippen LogP contribution in [0.2, 0.25) is 0 Å². The Balaban J connectivity index is 2.22. The van der Waals surface area contributed by atoms with Crippen molar-refractivity contribution in [3.05, 3.63) is 59.9 Å². The van der Waals surface area contributed by atoms with Gasteiger partial charge in [0.15, 0.2) is 0 Å². The molecule has 19 heavy (non-hydrogen) atoms. The Kier molecular flexibility index (Phi) is 2.87. The molecule has 2 N–H and O–H groups in total. The highest BCUT2D eigenvalue weighted by atomic mass is 16.5. The summed E-state index contributed by atoms with van der Waals surface area (Å²) in [5.41, 5.74) is 3.18. The number of nitrogens with one attached hydrogen (secondary N) is 2.